The number of halogens is 1. The fraction of sp³-hybridized carbons (Fsp3) is 0.423. The largest absolute Gasteiger partial charge is 0.492 e. The standard InChI is InChI=1S/C26H31ClN4O4/c1-5-34-22-16-18(27)10-11-21(22)31-23(28-20-9-7-6-8-19(20)24(31)32)17-29-12-14-30(15-13-29)25(33)35-26(2,3)4/h6-11,16H,5,12-15,17H2,1-4H3. The minimum atomic E-state index is -0.532. The molecule has 186 valence electrons. The van der Waals surface area contributed by atoms with Gasteiger partial charge in [0.1, 0.15) is 17.2 Å². The molecule has 2 heterocycles. The van der Waals surface area contributed by atoms with Crippen molar-refractivity contribution in [3.8, 4) is 11.4 Å². The SMILES string of the molecule is CCOc1cc(Cl)ccc1-n1c(CN2CCN(C(=O)OC(C)(C)C)CC2)nc2ccccc2c1=O. The molecule has 8 nitrogen and oxygen atoms in total. The summed E-state index contributed by atoms with van der Waals surface area (Å²) in [5, 5.41) is 1.06. The van der Waals surface area contributed by atoms with Crippen LogP contribution in [0.3, 0.4) is 0 Å². The molecule has 0 N–H and O–H groups in total. The smallest absolute Gasteiger partial charge is 0.410 e. The third-order valence-electron chi connectivity index (χ3n) is 5.70. The van der Waals surface area contributed by atoms with Gasteiger partial charge in [-0.15, -0.1) is 0 Å². The van der Waals surface area contributed by atoms with E-state index in [-0.39, 0.29) is 11.7 Å². The van der Waals surface area contributed by atoms with Gasteiger partial charge >= 0.3 is 6.09 Å². The van der Waals surface area contributed by atoms with Gasteiger partial charge in [-0.25, -0.2) is 9.78 Å². The van der Waals surface area contributed by atoms with Gasteiger partial charge in [0.15, 0.2) is 0 Å². The van der Waals surface area contributed by atoms with Crippen LogP contribution in [0.4, 0.5) is 4.79 Å². The first kappa shape index (κ1) is 25.0. The van der Waals surface area contributed by atoms with Crippen LogP contribution in [0.15, 0.2) is 47.3 Å². The highest BCUT2D eigenvalue weighted by atomic mass is 35.5. The number of aromatic nitrogens is 2. The summed E-state index contributed by atoms with van der Waals surface area (Å²) in [7, 11) is 0. The summed E-state index contributed by atoms with van der Waals surface area (Å²) >= 11 is 6.22. The van der Waals surface area contributed by atoms with Crippen molar-refractivity contribution in [3.05, 3.63) is 63.7 Å². The molecule has 0 spiro atoms. The molecule has 1 aromatic heterocycles. The predicted octanol–water partition coefficient (Wildman–Crippen LogP) is 4.49. The molecule has 0 radical (unpaired) electrons. The second-order valence-corrected chi connectivity index (χ2v) is 9.91. The van der Waals surface area contributed by atoms with Gasteiger partial charge < -0.3 is 14.4 Å². The van der Waals surface area contributed by atoms with E-state index in [2.05, 4.69) is 4.90 Å². The van der Waals surface area contributed by atoms with Gasteiger partial charge in [-0.05, 0) is 52.0 Å². The Morgan fingerprint density at radius 1 is 1.09 bits per heavy atom. The van der Waals surface area contributed by atoms with Crippen LogP contribution in [-0.2, 0) is 11.3 Å². The van der Waals surface area contributed by atoms with Gasteiger partial charge in [0, 0.05) is 37.3 Å². The van der Waals surface area contributed by atoms with Crippen molar-refractivity contribution in [1.82, 2.24) is 19.4 Å². The summed E-state index contributed by atoms with van der Waals surface area (Å²) in [6, 6.07) is 12.6. The molecule has 1 amide bonds. The van der Waals surface area contributed by atoms with Crippen molar-refractivity contribution < 1.29 is 14.3 Å². The maximum atomic E-state index is 13.7. The van der Waals surface area contributed by atoms with Gasteiger partial charge in [-0.3, -0.25) is 14.3 Å². The fourth-order valence-electron chi connectivity index (χ4n) is 4.09. The van der Waals surface area contributed by atoms with Crippen molar-refractivity contribution in [2.24, 2.45) is 0 Å². The average molecular weight is 499 g/mol. The summed E-state index contributed by atoms with van der Waals surface area (Å²) in [5.74, 6) is 1.12. The topological polar surface area (TPSA) is 76.9 Å². The molecule has 35 heavy (non-hydrogen) atoms. The van der Waals surface area contributed by atoms with Crippen molar-refractivity contribution in [1.29, 1.82) is 0 Å². The Kier molecular flexibility index (Phi) is 7.33. The minimum absolute atomic E-state index is 0.165. The predicted molar refractivity (Wildman–Crippen MR) is 137 cm³/mol. The number of hydrogen-bond acceptors (Lipinski definition) is 6. The zero-order valence-corrected chi connectivity index (χ0v) is 21.3. The summed E-state index contributed by atoms with van der Waals surface area (Å²) in [4.78, 5) is 34.9. The number of amides is 1. The Morgan fingerprint density at radius 3 is 2.49 bits per heavy atom. The molecule has 1 aliphatic heterocycles. The number of benzene rings is 2. The molecule has 3 aromatic rings. The molecule has 2 aromatic carbocycles. The van der Waals surface area contributed by atoms with Crippen LogP contribution in [0.25, 0.3) is 16.6 Å². The third kappa shape index (κ3) is 5.77. The molecule has 9 heteroatoms. The second kappa shape index (κ2) is 10.3. The molecule has 0 atom stereocenters. The lowest BCUT2D eigenvalue weighted by Crippen LogP contribution is -2.50. The van der Waals surface area contributed by atoms with Crippen molar-refractivity contribution in [3.63, 3.8) is 0 Å². The van der Waals surface area contributed by atoms with Crippen LogP contribution in [0.1, 0.15) is 33.5 Å². The summed E-state index contributed by atoms with van der Waals surface area (Å²) in [5.41, 5.74) is 0.544. The number of carbonyl (C=O) groups is 1. The van der Waals surface area contributed by atoms with Crippen LogP contribution < -0.4 is 10.3 Å². The highest BCUT2D eigenvalue weighted by molar-refractivity contribution is 6.30. The number of piperazine rings is 1. The first-order valence-corrected chi connectivity index (χ1v) is 12.2. The zero-order valence-electron chi connectivity index (χ0n) is 20.6. The lowest BCUT2D eigenvalue weighted by molar-refractivity contribution is 0.0136. The maximum absolute atomic E-state index is 13.7. The molecule has 0 bridgehead atoms. The second-order valence-electron chi connectivity index (χ2n) is 9.47. The quantitative estimate of drug-likeness (QED) is 0.516. The van der Waals surface area contributed by atoms with E-state index in [9.17, 15) is 9.59 Å². The number of carbonyl (C=O) groups excluding carboxylic acids is 1. The van der Waals surface area contributed by atoms with E-state index in [4.69, 9.17) is 26.1 Å². The Bertz CT molecular complexity index is 1280. The van der Waals surface area contributed by atoms with Crippen molar-refractivity contribution >= 4 is 28.6 Å². The van der Waals surface area contributed by atoms with Gasteiger partial charge in [0.05, 0.1) is 29.7 Å². The maximum Gasteiger partial charge on any atom is 0.410 e. The van der Waals surface area contributed by atoms with E-state index in [0.717, 1.165) is 0 Å². The number of fused-ring (bicyclic) bond motifs is 1. The van der Waals surface area contributed by atoms with Crippen molar-refractivity contribution in [2.45, 2.75) is 39.8 Å². The summed E-state index contributed by atoms with van der Waals surface area (Å²) in [6.45, 7) is 10.7. The Hall–Kier alpha value is -3.10. The summed E-state index contributed by atoms with van der Waals surface area (Å²) in [6.07, 6.45) is -0.305. The van der Waals surface area contributed by atoms with Crippen LogP contribution in [0.5, 0.6) is 5.75 Å². The van der Waals surface area contributed by atoms with E-state index in [1.807, 2.05) is 45.9 Å². The number of nitrogens with zero attached hydrogens (tertiary/aromatic N) is 4. The monoisotopic (exact) mass is 498 g/mol. The Balaban J connectivity index is 1.66. The van der Waals surface area contributed by atoms with E-state index in [1.54, 1.807) is 33.7 Å². The molecular formula is C26H31ClN4O4. The van der Waals surface area contributed by atoms with Gasteiger partial charge in [0.2, 0.25) is 0 Å². The number of ether oxygens (including phenoxy) is 2. The van der Waals surface area contributed by atoms with E-state index < -0.39 is 5.60 Å². The summed E-state index contributed by atoms with van der Waals surface area (Å²) < 4.78 is 12.9. The normalized spacial score (nSPS) is 14.8. The molecular weight excluding hydrogens is 468 g/mol. The Morgan fingerprint density at radius 2 is 1.80 bits per heavy atom. The van der Waals surface area contributed by atoms with Crippen LogP contribution in [0, 0.1) is 0 Å². The van der Waals surface area contributed by atoms with E-state index >= 15 is 0 Å². The fourth-order valence-corrected chi connectivity index (χ4v) is 4.25. The number of para-hydroxylation sites is 1. The van der Waals surface area contributed by atoms with Crippen LogP contribution in [-0.4, -0.2) is 63.8 Å². The molecule has 1 saturated heterocycles. The highest BCUT2D eigenvalue weighted by Crippen LogP contribution is 2.28. The van der Waals surface area contributed by atoms with Crippen molar-refractivity contribution in [2.75, 3.05) is 32.8 Å². The molecule has 1 aliphatic rings. The molecule has 1 fully saturated rings. The lowest BCUT2D eigenvalue weighted by Gasteiger charge is -2.35. The van der Waals surface area contributed by atoms with E-state index in [0.29, 0.717) is 72.5 Å². The third-order valence-corrected chi connectivity index (χ3v) is 5.93. The first-order chi connectivity index (χ1) is 16.7. The van der Waals surface area contributed by atoms with Gasteiger partial charge in [-0.1, -0.05) is 23.7 Å². The first-order valence-electron chi connectivity index (χ1n) is 11.8. The minimum Gasteiger partial charge on any atom is -0.492 e. The molecule has 0 aliphatic carbocycles. The van der Waals surface area contributed by atoms with Crippen LogP contribution >= 0.6 is 11.6 Å². The van der Waals surface area contributed by atoms with E-state index in [1.165, 1.54) is 0 Å². The van der Waals surface area contributed by atoms with Gasteiger partial charge in [0.25, 0.3) is 5.56 Å². The Labute approximate surface area is 210 Å². The zero-order chi connectivity index (χ0) is 25.2. The highest BCUT2D eigenvalue weighted by Gasteiger charge is 2.27. The van der Waals surface area contributed by atoms with Gasteiger partial charge in [-0.2, -0.15) is 0 Å². The number of hydrogen-bond donors (Lipinski definition) is 0. The molecule has 4 rings (SSSR count). The number of rotatable bonds is 5. The molecule has 0 unspecified atom stereocenters. The molecule has 0 saturated carbocycles. The average Bonchev–Trinajstić information content (AvgIpc) is 2.80. The van der Waals surface area contributed by atoms with Crippen LogP contribution in [0.2, 0.25) is 5.02 Å². The lowest BCUT2D eigenvalue weighted by atomic mass is 10.2.